The summed E-state index contributed by atoms with van der Waals surface area (Å²) < 4.78 is 5.39. The van der Waals surface area contributed by atoms with Gasteiger partial charge in [0.2, 0.25) is 0 Å². The number of nitrogens with zero attached hydrogens (tertiary/aromatic N) is 1. The summed E-state index contributed by atoms with van der Waals surface area (Å²) in [5, 5.41) is 6.64. The van der Waals surface area contributed by atoms with Gasteiger partial charge in [-0.05, 0) is 31.4 Å². The van der Waals surface area contributed by atoms with Crippen molar-refractivity contribution in [2.75, 3.05) is 27.2 Å². The van der Waals surface area contributed by atoms with Gasteiger partial charge in [-0.2, -0.15) is 0 Å². The quantitative estimate of drug-likeness (QED) is 0.317. The van der Waals surface area contributed by atoms with Crippen molar-refractivity contribution in [3.63, 3.8) is 0 Å². The highest BCUT2D eigenvalue weighted by atomic mass is 127. The molecule has 0 saturated heterocycles. The Balaban J connectivity index is 0.00000400. The SMILES string of the molecule is CCCCNC(=NC)NCCc1cc(C)ccc1OC.I. The fourth-order valence-electron chi connectivity index (χ4n) is 2.02. The molecular formula is C16H28IN3O. The average Bonchev–Trinajstić information content (AvgIpc) is 2.46. The number of hydrogen-bond acceptors (Lipinski definition) is 2. The van der Waals surface area contributed by atoms with Crippen molar-refractivity contribution in [3.8, 4) is 5.75 Å². The maximum absolute atomic E-state index is 5.39. The van der Waals surface area contributed by atoms with Gasteiger partial charge in [-0.1, -0.05) is 31.0 Å². The third kappa shape index (κ3) is 7.55. The van der Waals surface area contributed by atoms with E-state index in [1.165, 1.54) is 17.5 Å². The summed E-state index contributed by atoms with van der Waals surface area (Å²) in [4.78, 5) is 4.21. The number of unbranched alkanes of at least 4 members (excludes halogenated alkanes) is 1. The largest absolute Gasteiger partial charge is 0.496 e. The minimum Gasteiger partial charge on any atom is -0.496 e. The Morgan fingerprint density at radius 3 is 2.57 bits per heavy atom. The van der Waals surface area contributed by atoms with Gasteiger partial charge in [0.25, 0.3) is 0 Å². The lowest BCUT2D eigenvalue weighted by atomic mass is 10.1. The first-order valence-corrected chi connectivity index (χ1v) is 7.29. The number of aliphatic imine (C=N–C) groups is 1. The first-order chi connectivity index (χ1) is 9.71. The number of benzene rings is 1. The van der Waals surface area contributed by atoms with E-state index in [4.69, 9.17) is 4.74 Å². The predicted molar refractivity (Wildman–Crippen MR) is 101 cm³/mol. The van der Waals surface area contributed by atoms with Crippen LogP contribution in [-0.2, 0) is 6.42 Å². The van der Waals surface area contributed by atoms with Crippen LogP contribution in [0.15, 0.2) is 23.2 Å². The van der Waals surface area contributed by atoms with Gasteiger partial charge in [0.05, 0.1) is 7.11 Å². The highest BCUT2D eigenvalue weighted by molar-refractivity contribution is 14.0. The van der Waals surface area contributed by atoms with Gasteiger partial charge in [0.15, 0.2) is 5.96 Å². The molecule has 2 N–H and O–H groups in total. The highest BCUT2D eigenvalue weighted by Gasteiger charge is 2.03. The standard InChI is InChI=1S/C16H27N3O.HI/c1-5-6-10-18-16(17-3)19-11-9-14-12-13(2)7-8-15(14)20-4;/h7-8,12H,5-6,9-11H2,1-4H3,(H2,17,18,19);1H. The number of aryl methyl sites for hydroxylation is 1. The van der Waals surface area contributed by atoms with Crippen LogP contribution in [0, 0.1) is 6.92 Å². The fraction of sp³-hybridized carbons (Fsp3) is 0.562. The summed E-state index contributed by atoms with van der Waals surface area (Å²) in [6.45, 7) is 6.08. The summed E-state index contributed by atoms with van der Waals surface area (Å²) in [6.07, 6.45) is 3.26. The minimum atomic E-state index is 0. The van der Waals surface area contributed by atoms with Crippen LogP contribution in [0.2, 0.25) is 0 Å². The monoisotopic (exact) mass is 405 g/mol. The number of hydrogen-bond donors (Lipinski definition) is 2. The molecule has 0 heterocycles. The zero-order valence-electron chi connectivity index (χ0n) is 13.5. The van der Waals surface area contributed by atoms with Crippen molar-refractivity contribution < 1.29 is 4.74 Å². The van der Waals surface area contributed by atoms with Crippen LogP contribution in [0.5, 0.6) is 5.75 Å². The Hall–Kier alpha value is -0.980. The number of halogens is 1. The van der Waals surface area contributed by atoms with Crippen molar-refractivity contribution in [3.05, 3.63) is 29.3 Å². The zero-order chi connectivity index (χ0) is 14.8. The second kappa shape index (κ2) is 11.7. The normalized spacial score (nSPS) is 10.8. The Labute approximate surface area is 145 Å². The topological polar surface area (TPSA) is 45.7 Å². The molecule has 0 aliphatic rings. The van der Waals surface area contributed by atoms with Crippen LogP contribution in [0.4, 0.5) is 0 Å². The molecule has 0 fully saturated rings. The number of methoxy groups -OCH3 is 1. The molecule has 21 heavy (non-hydrogen) atoms. The van der Waals surface area contributed by atoms with E-state index in [0.717, 1.165) is 37.6 Å². The summed E-state index contributed by atoms with van der Waals surface area (Å²) in [5.74, 6) is 1.82. The van der Waals surface area contributed by atoms with Gasteiger partial charge in [0, 0.05) is 20.1 Å². The average molecular weight is 405 g/mol. The van der Waals surface area contributed by atoms with E-state index in [2.05, 4.69) is 41.6 Å². The molecule has 0 radical (unpaired) electrons. The molecule has 0 spiro atoms. The summed E-state index contributed by atoms with van der Waals surface area (Å²) in [5.41, 5.74) is 2.48. The summed E-state index contributed by atoms with van der Waals surface area (Å²) >= 11 is 0. The third-order valence-electron chi connectivity index (χ3n) is 3.17. The van der Waals surface area contributed by atoms with Crippen LogP contribution < -0.4 is 15.4 Å². The van der Waals surface area contributed by atoms with E-state index < -0.39 is 0 Å². The van der Waals surface area contributed by atoms with E-state index in [9.17, 15) is 0 Å². The van der Waals surface area contributed by atoms with Crippen molar-refractivity contribution in [1.29, 1.82) is 0 Å². The Bertz CT molecular complexity index is 436. The Morgan fingerprint density at radius 1 is 1.24 bits per heavy atom. The van der Waals surface area contributed by atoms with Crippen LogP contribution in [-0.4, -0.2) is 33.2 Å². The van der Waals surface area contributed by atoms with Crippen LogP contribution >= 0.6 is 24.0 Å². The molecule has 5 heteroatoms. The first-order valence-electron chi connectivity index (χ1n) is 7.29. The smallest absolute Gasteiger partial charge is 0.190 e. The Morgan fingerprint density at radius 2 is 1.95 bits per heavy atom. The molecule has 0 aliphatic heterocycles. The van der Waals surface area contributed by atoms with Crippen LogP contribution in [0.25, 0.3) is 0 Å². The predicted octanol–water partition coefficient (Wildman–Crippen LogP) is 3.13. The van der Waals surface area contributed by atoms with E-state index >= 15 is 0 Å². The van der Waals surface area contributed by atoms with E-state index in [1.54, 1.807) is 14.2 Å². The van der Waals surface area contributed by atoms with Gasteiger partial charge >= 0.3 is 0 Å². The van der Waals surface area contributed by atoms with Crippen molar-refractivity contribution in [2.24, 2.45) is 4.99 Å². The van der Waals surface area contributed by atoms with Gasteiger partial charge in [0.1, 0.15) is 5.75 Å². The molecule has 0 amide bonds. The van der Waals surface area contributed by atoms with Crippen molar-refractivity contribution in [2.45, 2.75) is 33.1 Å². The van der Waals surface area contributed by atoms with Gasteiger partial charge in [-0.15, -0.1) is 24.0 Å². The lowest BCUT2D eigenvalue weighted by molar-refractivity contribution is 0.409. The number of nitrogens with one attached hydrogen (secondary N) is 2. The van der Waals surface area contributed by atoms with E-state index in [-0.39, 0.29) is 24.0 Å². The summed E-state index contributed by atoms with van der Waals surface area (Å²) in [6, 6.07) is 6.27. The zero-order valence-corrected chi connectivity index (χ0v) is 15.9. The van der Waals surface area contributed by atoms with Crippen LogP contribution in [0.1, 0.15) is 30.9 Å². The molecule has 0 bridgehead atoms. The van der Waals surface area contributed by atoms with Crippen molar-refractivity contribution in [1.82, 2.24) is 10.6 Å². The lowest BCUT2D eigenvalue weighted by Crippen LogP contribution is -2.38. The molecule has 0 saturated carbocycles. The van der Waals surface area contributed by atoms with Gasteiger partial charge in [-0.25, -0.2) is 0 Å². The van der Waals surface area contributed by atoms with Gasteiger partial charge < -0.3 is 15.4 Å². The molecule has 0 aromatic heterocycles. The van der Waals surface area contributed by atoms with E-state index in [1.807, 2.05) is 6.07 Å². The molecule has 1 aromatic rings. The molecule has 120 valence electrons. The highest BCUT2D eigenvalue weighted by Crippen LogP contribution is 2.19. The number of guanidine groups is 1. The number of rotatable bonds is 7. The molecule has 1 aromatic carbocycles. The Kier molecular flexibility index (Phi) is 11.1. The maximum atomic E-state index is 5.39. The molecule has 0 aliphatic carbocycles. The summed E-state index contributed by atoms with van der Waals surface area (Å²) in [7, 11) is 3.52. The molecule has 4 nitrogen and oxygen atoms in total. The second-order valence-electron chi connectivity index (χ2n) is 4.84. The molecular weight excluding hydrogens is 377 g/mol. The third-order valence-corrected chi connectivity index (χ3v) is 3.17. The molecule has 1 rings (SSSR count). The lowest BCUT2D eigenvalue weighted by Gasteiger charge is -2.13. The first kappa shape index (κ1) is 20.0. The van der Waals surface area contributed by atoms with Crippen molar-refractivity contribution >= 4 is 29.9 Å². The number of ether oxygens (including phenoxy) is 1. The molecule has 0 atom stereocenters. The molecule has 0 unspecified atom stereocenters. The maximum Gasteiger partial charge on any atom is 0.190 e. The fourth-order valence-corrected chi connectivity index (χ4v) is 2.02. The van der Waals surface area contributed by atoms with Gasteiger partial charge in [-0.3, -0.25) is 4.99 Å². The van der Waals surface area contributed by atoms with E-state index in [0.29, 0.717) is 0 Å². The minimum absolute atomic E-state index is 0. The second-order valence-corrected chi connectivity index (χ2v) is 4.84. The van der Waals surface area contributed by atoms with Crippen LogP contribution in [0.3, 0.4) is 0 Å².